The lowest BCUT2D eigenvalue weighted by Crippen LogP contribution is -2.28. The quantitative estimate of drug-likeness (QED) is 0.182. The van der Waals surface area contributed by atoms with Crippen molar-refractivity contribution in [2.24, 2.45) is 0 Å². The Kier molecular flexibility index (Phi) is 6.80. The van der Waals surface area contributed by atoms with Gasteiger partial charge in [-0.3, -0.25) is 0 Å². The fraction of sp³-hybridized carbons (Fsp3) is 0.0833. The number of aromatic nitrogens is 1. The molecule has 6 aromatic carbocycles. The molecule has 7 aromatic rings. The number of hydrogen-bond donors (Lipinski definition) is 0. The van der Waals surface area contributed by atoms with Gasteiger partial charge in [-0.2, -0.15) is 0 Å². The summed E-state index contributed by atoms with van der Waals surface area (Å²) in [7, 11) is 0. The van der Waals surface area contributed by atoms with Crippen LogP contribution in [0.2, 0.25) is 0 Å². The maximum atomic E-state index is 2.50. The SMILES string of the molecule is C1=CC(c2cccc(-n3c4ccccc4c4cc(C5=CC6c7ccccc7N(c7ccccc7)C6C=C5)ccc43)c2)CC=C1c1ccccc1. The van der Waals surface area contributed by atoms with Crippen molar-refractivity contribution in [1.29, 1.82) is 0 Å². The van der Waals surface area contributed by atoms with Crippen LogP contribution in [-0.4, -0.2) is 10.6 Å². The minimum atomic E-state index is 0.260. The van der Waals surface area contributed by atoms with Gasteiger partial charge in [-0.25, -0.2) is 0 Å². The third kappa shape index (κ3) is 4.71. The van der Waals surface area contributed by atoms with Crippen molar-refractivity contribution in [2.75, 3.05) is 4.90 Å². The van der Waals surface area contributed by atoms with E-state index >= 15 is 0 Å². The molecule has 2 heteroatoms. The van der Waals surface area contributed by atoms with Crippen LogP contribution in [0.4, 0.5) is 11.4 Å². The lowest BCUT2D eigenvalue weighted by Gasteiger charge is -2.29. The number of nitrogens with zero attached hydrogens (tertiary/aromatic N) is 2. The molecule has 1 aliphatic heterocycles. The zero-order valence-corrected chi connectivity index (χ0v) is 27.7. The standard InChI is InChI=1S/C48H36N2/c1-3-12-33(13-4-1)34-22-24-35(25-23-34)36-14-11-17-40(30-36)50-46-21-10-8-19-42(46)44-32-38(27-29-48(44)50)37-26-28-47-43(31-37)41-18-7-9-20-45(41)49(47)39-15-5-2-6-16-39/h1-24,26-32,35,43,47H,25H2. The molecule has 0 amide bonds. The van der Waals surface area contributed by atoms with Crippen molar-refractivity contribution >= 4 is 44.3 Å². The highest BCUT2D eigenvalue weighted by Gasteiger charge is 2.38. The fourth-order valence-electron chi connectivity index (χ4n) is 8.47. The fourth-order valence-corrected chi connectivity index (χ4v) is 8.47. The first kappa shape index (κ1) is 28.9. The van der Waals surface area contributed by atoms with Crippen molar-refractivity contribution in [2.45, 2.75) is 24.3 Å². The van der Waals surface area contributed by atoms with Crippen LogP contribution in [0.15, 0.2) is 188 Å². The second kappa shape index (κ2) is 11.8. The first-order valence-corrected chi connectivity index (χ1v) is 17.7. The Morgan fingerprint density at radius 2 is 1.26 bits per heavy atom. The van der Waals surface area contributed by atoms with Crippen LogP contribution in [0, 0.1) is 0 Å². The molecule has 0 saturated carbocycles. The molecule has 0 fully saturated rings. The monoisotopic (exact) mass is 640 g/mol. The molecule has 2 heterocycles. The van der Waals surface area contributed by atoms with E-state index in [4.69, 9.17) is 0 Å². The molecule has 2 aliphatic carbocycles. The Balaban J connectivity index is 1.01. The van der Waals surface area contributed by atoms with E-state index in [-0.39, 0.29) is 6.04 Å². The molecule has 3 atom stereocenters. The van der Waals surface area contributed by atoms with Crippen LogP contribution in [0.3, 0.4) is 0 Å². The van der Waals surface area contributed by atoms with Gasteiger partial charge in [0.25, 0.3) is 0 Å². The number of hydrogen-bond acceptors (Lipinski definition) is 1. The summed E-state index contributed by atoms with van der Waals surface area (Å²) in [5.74, 6) is 0.646. The van der Waals surface area contributed by atoms with E-state index in [0.29, 0.717) is 11.8 Å². The average molecular weight is 641 g/mol. The predicted octanol–water partition coefficient (Wildman–Crippen LogP) is 12.2. The van der Waals surface area contributed by atoms with E-state index in [9.17, 15) is 0 Å². The zero-order chi connectivity index (χ0) is 33.0. The van der Waals surface area contributed by atoms with E-state index in [1.807, 2.05) is 0 Å². The summed E-state index contributed by atoms with van der Waals surface area (Å²) in [5.41, 5.74) is 14.1. The number of benzene rings is 6. The Hall–Kier alpha value is -6.12. The Bertz CT molecular complexity index is 2530. The minimum Gasteiger partial charge on any atom is -0.333 e. The van der Waals surface area contributed by atoms with Crippen molar-refractivity contribution in [3.8, 4) is 5.69 Å². The van der Waals surface area contributed by atoms with Gasteiger partial charge in [-0.15, -0.1) is 0 Å². The minimum absolute atomic E-state index is 0.260. The normalized spacial score (nSPS) is 19.4. The van der Waals surface area contributed by atoms with Crippen molar-refractivity contribution in [3.63, 3.8) is 0 Å². The van der Waals surface area contributed by atoms with Gasteiger partial charge in [0.2, 0.25) is 0 Å². The van der Waals surface area contributed by atoms with Crippen LogP contribution in [-0.2, 0) is 0 Å². The summed E-state index contributed by atoms with van der Waals surface area (Å²) in [6.45, 7) is 0. The predicted molar refractivity (Wildman–Crippen MR) is 210 cm³/mol. The number of fused-ring (bicyclic) bond motifs is 6. The first-order chi connectivity index (χ1) is 24.8. The third-order valence-corrected chi connectivity index (χ3v) is 10.9. The molecule has 2 nitrogen and oxygen atoms in total. The van der Waals surface area contributed by atoms with Crippen LogP contribution < -0.4 is 4.90 Å². The van der Waals surface area contributed by atoms with Crippen molar-refractivity contribution in [3.05, 3.63) is 210 Å². The van der Waals surface area contributed by atoms with E-state index in [1.165, 1.54) is 72.3 Å². The average Bonchev–Trinajstić information content (AvgIpc) is 3.71. The molecule has 10 rings (SSSR count). The van der Waals surface area contributed by atoms with Crippen LogP contribution in [0.5, 0.6) is 0 Å². The highest BCUT2D eigenvalue weighted by molar-refractivity contribution is 6.10. The maximum Gasteiger partial charge on any atom is 0.0630 e. The molecular weight excluding hydrogens is 605 g/mol. The molecule has 3 aliphatic rings. The van der Waals surface area contributed by atoms with E-state index < -0.39 is 0 Å². The molecule has 1 aromatic heterocycles. The Morgan fingerprint density at radius 3 is 2.12 bits per heavy atom. The van der Waals surface area contributed by atoms with Crippen molar-refractivity contribution < 1.29 is 0 Å². The molecule has 238 valence electrons. The summed E-state index contributed by atoms with van der Waals surface area (Å²) in [5, 5.41) is 2.56. The molecule has 0 saturated heterocycles. The first-order valence-electron chi connectivity index (χ1n) is 17.7. The molecule has 3 unspecified atom stereocenters. The molecule has 0 spiro atoms. The smallest absolute Gasteiger partial charge is 0.0630 e. The summed E-state index contributed by atoms with van der Waals surface area (Å²) < 4.78 is 2.45. The van der Waals surface area contributed by atoms with Crippen LogP contribution in [0.25, 0.3) is 38.6 Å². The van der Waals surface area contributed by atoms with Crippen LogP contribution in [0.1, 0.15) is 40.5 Å². The Labute approximate surface area is 293 Å². The van der Waals surface area contributed by atoms with Crippen molar-refractivity contribution in [1.82, 2.24) is 4.57 Å². The highest BCUT2D eigenvalue weighted by Crippen LogP contribution is 2.49. The third-order valence-electron chi connectivity index (χ3n) is 10.9. The molecule has 0 radical (unpaired) electrons. The van der Waals surface area contributed by atoms with Gasteiger partial charge in [0, 0.05) is 39.7 Å². The van der Waals surface area contributed by atoms with Gasteiger partial charge in [0.15, 0.2) is 0 Å². The van der Waals surface area contributed by atoms with Crippen LogP contribution >= 0.6 is 0 Å². The second-order valence-electron chi connectivity index (χ2n) is 13.7. The lowest BCUT2D eigenvalue weighted by atomic mass is 9.86. The van der Waals surface area contributed by atoms with E-state index in [1.54, 1.807) is 0 Å². The lowest BCUT2D eigenvalue weighted by molar-refractivity contribution is 0.747. The van der Waals surface area contributed by atoms with Gasteiger partial charge >= 0.3 is 0 Å². The summed E-state index contributed by atoms with van der Waals surface area (Å²) in [6.07, 6.45) is 15.3. The Morgan fingerprint density at radius 1 is 0.520 bits per heavy atom. The highest BCUT2D eigenvalue weighted by atomic mass is 15.2. The van der Waals surface area contributed by atoms with Gasteiger partial charge in [0.1, 0.15) is 0 Å². The van der Waals surface area contributed by atoms with E-state index in [2.05, 4.69) is 198 Å². The number of rotatable bonds is 5. The number of allylic oxidation sites excluding steroid dienone is 6. The van der Waals surface area contributed by atoms with Gasteiger partial charge < -0.3 is 9.47 Å². The van der Waals surface area contributed by atoms with Gasteiger partial charge in [-0.05, 0) is 88.4 Å². The molecule has 50 heavy (non-hydrogen) atoms. The molecule has 0 N–H and O–H groups in total. The van der Waals surface area contributed by atoms with E-state index in [0.717, 1.165) is 6.42 Å². The zero-order valence-electron chi connectivity index (χ0n) is 27.7. The van der Waals surface area contributed by atoms with Gasteiger partial charge in [-0.1, -0.05) is 140 Å². The topological polar surface area (TPSA) is 8.17 Å². The largest absolute Gasteiger partial charge is 0.333 e. The van der Waals surface area contributed by atoms with Gasteiger partial charge in [0.05, 0.1) is 17.1 Å². The second-order valence-corrected chi connectivity index (χ2v) is 13.7. The number of para-hydroxylation sites is 3. The summed E-state index contributed by atoms with van der Waals surface area (Å²) in [4.78, 5) is 2.50. The maximum absolute atomic E-state index is 2.50. The number of anilines is 2. The molecular formula is C48H36N2. The summed E-state index contributed by atoms with van der Waals surface area (Å²) >= 11 is 0. The summed E-state index contributed by atoms with van der Waals surface area (Å²) in [6, 6.07) is 55.7. The molecule has 0 bridgehead atoms.